The van der Waals surface area contributed by atoms with Gasteiger partial charge in [0.05, 0.1) is 17.8 Å². The number of methoxy groups -OCH3 is 1. The lowest BCUT2D eigenvalue weighted by atomic mass is 10.5. The van der Waals surface area contributed by atoms with Crippen molar-refractivity contribution in [3.05, 3.63) is 16.4 Å². The zero-order valence-electron chi connectivity index (χ0n) is 9.17. The van der Waals surface area contributed by atoms with Gasteiger partial charge >= 0.3 is 11.7 Å². The highest BCUT2D eigenvalue weighted by Crippen LogP contribution is 2.31. The summed E-state index contributed by atoms with van der Waals surface area (Å²) in [6, 6.07) is 0. The molecule has 0 spiro atoms. The van der Waals surface area contributed by atoms with Crippen LogP contribution in [0.4, 0.5) is 11.5 Å². The van der Waals surface area contributed by atoms with Gasteiger partial charge in [0.1, 0.15) is 6.33 Å². The van der Waals surface area contributed by atoms with E-state index < -0.39 is 10.9 Å². The molecule has 0 fully saturated rings. The lowest BCUT2D eigenvalue weighted by molar-refractivity contribution is -0.387. The summed E-state index contributed by atoms with van der Waals surface area (Å²) >= 11 is 0.930. The molecule has 1 rings (SSSR count). The molecule has 0 amide bonds. The molecule has 9 heteroatoms. The third-order valence-electron chi connectivity index (χ3n) is 1.76. The molecule has 0 radical (unpaired) electrons. The van der Waals surface area contributed by atoms with E-state index in [2.05, 4.69) is 20.0 Å². The van der Waals surface area contributed by atoms with Crippen molar-refractivity contribution in [2.24, 2.45) is 0 Å². The minimum Gasteiger partial charge on any atom is -0.468 e. The van der Waals surface area contributed by atoms with Crippen LogP contribution >= 0.6 is 11.8 Å². The van der Waals surface area contributed by atoms with Gasteiger partial charge in [-0.25, -0.2) is 9.97 Å². The van der Waals surface area contributed by atoms with Crippen LogP contribution in [0.1, 0.15) is 0 Å². The fraction of sp³-hybridized carbons (Fsp3) is 0.375. The largest absolute Gasteiger partial charge is 0.468 e. The normalized spacial score (nSPS) is 9.76. The van der Waals surface area contributed by atoms with E-state index in [4.69, 9.17) is 0 Å². The van der Waals surface area contributed by atoms with Crippen LogP contribution < -0.4 is 5.32 Å². The van der Waals surface area contributed by atoms with Crippen LogP contribution in [-0.4, -0.2) is 40.8 Å². The Morgan fingerprint density at radius 1 is 1.65 bits per heavy atom. The number of carbonyl (C=O) groups excluding carboxylic acids is 1. The first kappa shape index (κ1) is 13.2. The molecule has 8 nitrogen and oxygen atoms in total. The minimum absolute atomic E-state index is 0.0441. The molecule has 1 aromatic rings. The lowest BCUT2D eigenvalue weighted by Gasteiger charge is -2.04. The van der Waals surface area contributed by atoms with Crippen LogP contribution in [0.2, 0.25) is 0 Å². The Labute approximate surface area is 101 Å². The van der Waals surface area contributed by atoms with Gasteiger partial charge in [0.15, 0.2) is 5.03 Å². The molecule has 0 atom stereocenters. The van der Waals surface area contributed by atoms with E-state index in [1.807, 2.05) is 0 Å². The number of thioether (sulfide) groups is 1. The number of ether oxygens (including phenoxy) is 1. The number of rotatable bonds is 5. The molecule has 0 aliphatic carbocycles. The zero-order chi connectivity index (χ0) is 12.8. The summed E-state index contributed by atoms with van der Waals surface area (Å²) < 4.78 is 4.44. The van der Waals surface area contributed by atoms with Crippen LogP contribution in [0.15, 0.2) is 11.4 Å². The number of carbonyl (C=O) groups is 1. The van der Waals surface area contributed by atoms with Crippen LogP contribution in [0, 0.1) is 10.1 Å². The second-order valence-electron chi connectivity index (χ2n) is 2.75. The summed E-state index contributed by atoms with van der Waals surface area (Å²) in [5.74, 6) is -0.413. The molecular weight excluding hydrogens is 248 g/mol. The Morgan fingerprint density at radius 2 is 2.35 bits per heavy atom. The van der Waals surface area contributed by atoms with E-state index in [0.29, 0.717) is 0 Å². The van der Waals surface area contributed by atoms with Crippen molar-refractivity contribution < 1.29 is 14.5 Å². The monoisotopic (exact) mass is 258 g/mol. The van der Waals surface area contributed by atoms with Crippen LogP contribution in [0.25, 0.3) is 0 Å². The van der Waals surface area contributed by atoms with E-state index in [1.165, 1.54) is 20.5 Å². The van der Waals surface area contributed by atoms with Gasteiger partial charge in [-0.05, 0) is 0 Å². The number of hydrogen-bond acceptors (Lipinski definition) is 8. The van der Waals surface area contributed by atoms with E-state index in [9.17, 15) is 14.9 Å². The average molecular weight is 258 g/mol. The van der Waals surface area contributed by atoms with E-state index >= 15 is 0 Å². The average Bonchev–Trinajstić information content (AvgIpc) is 2.34. The molecule has 0 unspecified atom stereocenters. The van der Waals surface area contributed by atoms with Crippen molar-refractivity contribution >= 4 is 29.2 Å². The Bertz CT molecular complexity index is 440. The van der Waals surface area contributed by atoms with Crippen molar-refractivity contribution in [2.45, 2.75) is 5.03 Å². The maximum atomic E-state index is 10.9. The Kier molecular flexibility index (Phi) is 4.64. The number of esters is 1. The van der Waals surface area contributed by atoms with Gasteiger partial charge in [-0.3, -0.25) is 14.9 Å². The number of hydrogen-bond donors (Lipinski definition) is 1. The number of nitrogens with one attached hydrogen (secondary N) is 1. The maximum Gasteiger partial charge on any atom is 0.343 e. The summed E-state index contributed by atoms with van der Waals surface area (Å²) in [6.45, 7) is 0. The molecule has 0 aliphatic heterocycles. The predicted octanol–water partition coefficient (Wildman–Crippen LogP) is 0.692. The van der Waals surface area contributed by atoms with Crippen molar-refractivity contribution in [1.29, 1.82) is 0 Å². The Morgan fingerprint density at radius 3 is 2.88 bits per heavy atom. The Hall–Kier alpha value is -1.90. The van der Waals surface area contributed by atoms with E-state index in [0.717, 1.165) is 11.8 Å². The molecular formula is C8H10N4O4S. The molecule has 0 aliphatic rings. The van der Waals surface area contributed by atoms with Gasteiger partial charge in [0.2, 0.25) is 5.82 Å². The molecule has 0 bridgehead atoms. The molecule has 1 N–H and O–H groups in total. The third kappa shape index (κ3) is 3.28. The van der Waals surface area contributed by atoms with Gasteiger partial charge in [0, 0.05) is 7.05 Å². The standard InChI is InChI=1S/C8H10N4O4S/c1-9-7-6(12(14)15)8(11-4-10-7)17-3-5(13)16-2/h4H,3H2,1-2H3,(H,9,10,11). The van der Waals surface area contributed by atoms with Gasteiger partial charge in [-0.2, -0.15) is 0 Å². The Balaban J connectivity index is 2.98. The maximum absolute atomic E-state index is 10.9. The number of aromatic nitrogens is 2. The summed E-state index contributed by atoms with van der Waals surface area (Å²) in [4.78, 5) is 28.7. The van der Waals surface area contributed by atoms with E-state index in [-0.39, 0.29) is 22.3 Å². The van der Waals surface area contributed by atoms with Gasteiger partial charge in [0.25, 0.3) is 0 Å². The topological polar surface area (TPSA) is 107 Å². The van der Waals surface area contributed by atoms with Crippen molar-refractivity contribution in [3.63, 3.8) is 0 Å². The molecule has 17 heavy (non-hydrogen) atoms. The fourth-order valence-electron chi connectivity index (χ4n) is 1.00. The minimum atomic E-state index is -0.592. The number of nitrogens with zero attached hydrogens (tertiary/aromatic N) is 3. The molecule has 0 saturated carbocycles. The summed E-state index contributed by atoms with van der Waals surface area (Å²) in [5, 5.41) is 13.6. The third-order valence-corrected chi connectivity index (χ3v) is 2.71. The zero-order valence-corrected chi connectivity index (χ0v) is 9.98. The van der Waals surface area contributed by atoms with Crippen LogP contribution in [0.5, 0.6) is 0 Å². The van der Waals surface area contributed by atoms with Crippen molar-refractivity contribution in [2.75, 3.05) is 25.2 Å². The number of anilines is 1. The molecule has 92 valence electrons. The summed E-state index contributed by atoms with van der Waals surface area (Å²) in [6.07, 6.45) is 1.19. The van der Waals surface area contributed by atoms with Gasteiger partial charge in [-0.15, -0.1) is 0 Å². The first-order valence-corrected chi connectivity index (χ1v) is 5.45. The lowest BCUT2D eigenvalue weighted by Crippen LogP contribution is -2.06. The highest BCUT2D eigenvalue weighted by Gasteiger charge is 2.23. The summed E-state index contributed by atoms with van der Waals surface area (Å²) in [5.41, 5.74) is -0.246. The predicted molar refractivity (Wildman–Crippen MR) is 61.0 cm³/mol. The first-order valence-electron chi connectivity index (χ1n) is 4.47. The highest BCUT2D eigenvalue weighted by atomic mass is 32.2. The SMILES string of the molecule is CNc1ncnc(SCC(=O)OC)c1[N+](=O)[O-]. The first-order chi connectivity index (χ1) is 8.10. The van der Waals surface area contributed by atoms with Crippen molar-refractivity contribution in [3.8, 4) is 0 Å². The molecule has 0 saturated heterocycles. The smallest absolute Gasteiger partial charge is 0.343 e. The van der Waals surface area contributed by atoms with Crippen LogP contribution in [0.3, 0.4) is 0 Å². The number of nitro groups is 1. The quantitative estimate of drug-likeness (QED) is 0.270. The van der Waals surface area contributed by atoms with Gasteiger partial charge in [-0.1, -0.05) is 11.8 Å². The molecule has 1 aromatic heterocycles. The molecule has 1 heterocycles. The van der Waals surface area contributed by atoms with E-state index in [1.54, 1.807) is 0 Å². The van der Waals surface area contributed by atoms with Crippen LogP contribution in [-0.2, 0) is 9.53 Å². The van der Waals surface area contributed by atoms with Gasteiger partial charge < -0.3 is 10.1 Å². The second-order valence-corrected chi connectivity index (χ2v) is 3.71. The summed E-state index contributed by atoms with van der Waals surface area (Å²) in [7, 11) is 2.76. The molecule has 0 aromatic carbocycles. The second kappa shape index (κ2) is 5.99. The fourth-order valence-corrected chi connectivity index (χ4v) is 1.80. The highest BCUT2D eigenvalue weighted by molar-refractivity contribution is 8.00. The van der Waals surface area contributed by atoms with Crippen molar-refractivity contribution in [1.82, 2.24) is 9.97 Å².